The molecule has 1 aliphatic carbocycles. The van der Waals surface area contributed by atoms with E-state index >= 15 is 0 Å². The molecule has 0 unspecified atom stereocenters. The van der Waals surface area contributed by atoms with Crippen molar-refractivity contribution >= 4 is 75.9 Å². The average molecular weight is 646 g/mol. The van der Waals surface area contributed by atoms with Crippen molar-refractivity contribution in [3.63, 3.8) is 0 Å². The molecule has 3 heteroatoms. The van der Waals surface area contributed by atoms with E-state index in [0.29, 0.717) is 0 Å². The van der Waals surface area contributed by atoms with Crippen LogP contribution in [0, 0.1) is 0 Å². The van der Waals surface area contributed by atoms with Crippen molar-refractivity contribution in [3.05, 3.63) is 164 Å². The first-order valence-electron chi connectivity index (χ1n) is 17.5. The smallest absolute Gasteiger partial charge is 0.165 e. The minimum Gasteiger partial charge on any atom is -0.292 e. The zero-order chi connectivity index (χ0) is 33.2. The number of fused-ring (bicyclic) bond motifs is 4. The third-order valence-electron chi connectivity index (χ3n) is 11.0. The molecular weight excluding hydrogens is 619 g/mol. The summed E-state index contributed by atoms with van der Waals surface area (Å²) in [6, 6.07) is 59.3. The molecule has 12 rings (SSSR count). The Bertz CT molecular complexity index is 3300. The van der Waals surface area contributed by atoms with E-state index < -0.39 is 0 Å². The predicted molar refractivity (Wildman–Crippen MR) is 214 cm³/mol. The molecule has 234 valence electrons. The van der Waals surface area contributed by atoms with E-state index in [1.165, 1.54) is 59.8 Å². The van der Waals surface area contributed by atoms with Crippen LogP contribution >= 0.6 is 0 Å². The SMILES string of the molecule is c1ccc(-c2cccc(-c3nc4ccc5ccccc5c4nc3-n3c4ccc5cccc6c5c4c4c5c(ccc7cccc-6c75)ccc43)c2)cc1. The van der Waals surface area contributed by atoms with E-state index in [4.69, 9.17) is 9.97 Å². The number of benzene rings is 9. The molecule has 0 fully saturated rings. The van der Waals surface area contributed by atoms with Crippen LogP contribution in [0.15, 0.2) is 164 Å². The molecule has 0 bridgehead atoms. The summed E-state index contributed by atoms with van der Waals surface area (Å²) in [4.78, 5) is 11.2. The maximum atomic E-state index is 5.66. The van der Waals surface area contributed by atoms with E-state index in [1.807, 2.05) is 0 Å². The van der Waals surface area contributed by atoms with Crippen LogP contribution in [0.4, 0.5) is 0 Å². The van der Waals surface area contributed by atoms with Gasteiger partial charge < -0.3 is 0 Å². The Labute approximate surface area is 292 Å². The fourth-order valence-corrected chi connectivity index (χ4v) is 8.84. The first-order valence-corrected chi connectivity index (χ1v) is 17.5. The quantitative estimate of drug-likeness (QED) is 0.179. The Morgan fingerprint density at radius 3 is 1.73 bits per heavy atom. The van der Waals surface area contributed by atoms with Crippen LogP contribution < -0.4 is 0 Å². The largest absolute Gasteiger partial charge is 0.292 e. The fraction of sp³-hybridized carbons (Fsp3) is 0. The van der Waals surface area contributed by atoms with Gasteiger partial charge in [-0.05, 0) is 78.8 Å². The van der Waals surface area contributed by atoms with Crippen LogP contribution in [0.1, 0.15) is 0 Å². The lowest BCUT2D eigenvalue weighted by molar-refractivity contribution is 1.08. The zero-order valence-electron chi connectivity index (χ0n) is 27.4. The number of nitrogens with zero attached hydrogens (tertiary/aromatic N) is 3. The maximum Gasteiger partial charge on any atom is 0.165 e. The topological polar surface area (TPSA) is 30.7 Å². The summed E-state index contributed by atoms with van der Waals surface area (Å²) in [5, 5.41) is 12.5. The highest BCUT2D eigenvalue weighted by Crippen LogP contribution is 2.50. The Hall–Kier alpha value is -6.84. The molecular formula is C48H27N3. The highest BCUT2D eigenvalue weighted by molar-refractivity contribution is 6.38. The minimum absolute atomic E-state index is 0.835. The summed E-state index contributed by atoms with van der Waals surface area (Å²) in [6.45, 7) is 0. The lowest BCUT2D eigenvalue weighted by Gasteiger charge is -2.16. The number of aromatic nitrogens is 3. The number of rotatable bonds is 3. The van der Waals surface area contributed by atoms with Gasteiger partial charge in [-0.1, -0.05) is 140 Å². The third kappa shape index (κ3) is 3.62. The Kier molecular flexibility index (Phi) is 5.23. The highest BCUT2D eigenvalue weighted by atomic mass is 15.1. The molecule has 2 aromatic heterocycles. The van der Waals surface area contributed by atoms with E-state index in [2.05, 4.69) is 168 Å². The standard InChI is InChI=1S/C48H27N3/c1-2-9-28(10-3-1)33-14-6-15-34(27-33)46-48(50-47-35-16-5-4-11-29(35)21-24-38(47)49-46)51-39-25-22-31-13-8-18-37-36-17-7-12-30-19-20-32-23-26-40(51)45(43(32)41(30)36)44(39)42(31)37/h1-27H. The van der Waals surface area contributed by atoms with Crippen molar-refractivity contribution < 1.29 is 0 Å². The molecule has 0 aliphatic heterocycles. The third-order valence-corrected chi connectivity index (χ3v) is 11.0. The number of hydrogen-bond acceptors (Lipinski definition) is 2. The van der Waals surface area contributed by atoms with Crippen LogP contribution in [-0.2, 0) is 0 Å². The Morgan fingerprint density at radius 2 is 0.941 bits per heavy atom. The molecule has 0 spiro atoms. The molecule has 51 heavy (non-hydrogen) atoms. The van der Waals surface area contributed by atoms with Crippen molar-refractivity contribution in [1.29, 1.82) is 0 Å². The monoisotopic (exact) mass is 645 g/mol. The summed E-state index contributed by atoms with van der Waals surface area (Å²) in [7, 11) is 0. The minimum atomic E-state index is 0.835. The summed E-state index contributed by atoms with van der Waals surface area (Å²) < 4.78 is 2.39. The second-order valence-electron chi connectivity index (χ2n) is 13.7. The van der Waals surface area contributed by atoms with Crippen LogP contribution in [0.5, 0.6) is 0 Å². The van der Waals surface area contributed by atoms with E-state index in [1.54, 1.807) is 0 Å². The fourth-order valence-electron chi connectivity index (χ4n) is 8.84. The van der Waals surface area contributed by atoms with E-state index in [9.17, 15) is 0 Å². The van der Waals surface area contributed by atoms with Gasteiger partial charge in [-0.2, -0.15) is 0 Å². The molecule has 0 radical (unpaired) electrons. The van der Waals surface area contributed by atoms with Gasteiger partial charge in [0.05, 0.1) is 22.1 Å². The summed E-state index contributed by atoms with van der Waals surface area (Å²) in [6.07, 6.45) is 0. The molecule has 0 N–H and O–H groups in total. The highest BCUT2D eigenvalue weighted by Gasteiger charge is 2.26. The second kappa shape index (κ2) is 9.87. The van der Waals surface area contributed by atoms with Crippen molar-refractivity contribution in [2.24, 2.45) is 0 Å². The average Bonchev–Trinajstić information content (AvgIpc) is 3.47. The Morgan fingerprint density at radius 1 is 0.373 bits per heavy atom. The van der Waals surface area contributed by atoms with Gasteiger partial charge in [-0.15, -0.1) is 0 Å². The molecule has 1 aliphatic rings. The first kappa shape index (κ1) is 27.0. The molecule has 9 aromatic carbocycles. The summed E-state index contributed by atoms with van der Waals surface area (Å²) >= 11 is 0. The van der Waals surface area contributed by atoms with Gasteiger partial charge >= 0.3 is 0 Å². The van der Waals surface area contributed by atoms with Crippen molar-refractivity contribution in [2.45, 2.75) is 0 Å². The maximum absolute atomic E-state index is 5.66. The van der Waals surface area contributed by atoms with Gasteiger partial charge in [0.25, 0.3) is 0 Å². The van der Waals surface area contributed by atoms with Gasteiger partial charge in [0.15, 0.2) is 5.82 Å². The molecule has 3 nitrogen and oxygen atoms in total. The van der Waals surface area contributed by atoms with Crippen molar-refractivity contribution in [1.82, 2.24) is 14.5 Å². The van der Waals surface area contributed by atoms with Crippen molar-refractivity contribution in [3.8, 4) is 39.3 Å². The summed E-state index contributed by atoms with van der Waals surface area (Å²) in [5.41, 5.74) is 10.8. The lowest BCUT2D eigenvalue weighted by Crippen LogP contribution is -2.04. The van der Waals surface area contributed by atoms with Gasteiger partial charge in [0, 0.05) is 27.1 Å². The summed E-state index contributed by atoms with van der Waals surface area (Å²) in [5.74, 6) is 0.835. The van der Waals surface area contributed by atoms with E-state index in [0.717, 1.165) is 55.5 Å². The normalized spacial score (nSPS) is 12.3. The van der Waals surface area contributed by atoms with Gasteiger partial charge in [0.2, 0.25) is 0 Å². The van der Waals surface area contributed by atoms with E-state index in [-0.39, 0.29) is 0 Å². The van der Waals surface area contributed by atoms with Gasteiger partial charge in [-0.3, -0.25) is 4.57 Å². The van der Waals surface area contributed by atoms with Gasteiger partial charge in [-0.25, -0.2) is 9.97 Å². The van der Waals surface area contributed by atoms with Crippen LogP contribution in [0.25, 0.3) is 115 Å². The van der Waals surface area contributed by atoms with Crippen LogP contribution in [-0.4, -0.2) is 14.5 Å². The van der Waals surface area contributed by atoms with Crippen LogP contribution in [0.2, 0.25) is 0 Å². The molecule has 0 saturated heterocycles. The number of hydrogen-bond donors (Lipinski definition) is 0. The first-order chi connectivity index (χ1) is 25.3. The van der Waals surface area contributed by atoms with Gasteiger partial charge in [0.1, 0.15) is 5.69 Å². The lowest BCUT2D eigenvalue weighted by atomic mass is 9.93. The second-order valence-corrected chi connectivity index (χ2v) is 13.7. The molecule has 0 amide bonds. The molecule has 0 saturated carbocycles. The van der Waals surface area contributed by atoms with Crippen molar-refractivity contribution in [2.75, 3.05) is 0 Å². The zero-order valence-corrected chi connectivity index (χ0v) is 27.4. The predicted octanol–water partition coefficient (Wildman–Crippen LogP) is 12.7. The molecule has 2 heterocycles. The van der Waals surface area contributed by atoms with Crippen LogP contribution in [0.3, 0.4) is 0 Å². The Balaban J connectivity index is 1.29. The molecule has 0 atom stereocenters. The molecule has 11 aromatic rings.